The lowest BCUT2D eigenvalue weighted by Crippen LogP contribution is -2.54. The first-order valence-corrected chi connectivity index (χ1v) is 7.23. The molecule has 0 aromatic heterocycles. The summed E-state index contributed by atoms with van der Waals surface area (Å²) in [6.07, 6.45) is 2.27. The van der Waals surface area contributed by atoms with Crippen LogP contribution in [0.25, 0.3) is 0 Å². The van der Waals surface area contributed by atoms with E-state index in [1.807, 2.05) is 13.8 Å². The zero-order chi connectivity index (χ0) is 13.6. The van der Waals surface area contributed by atoms with E-state index in [0.717, 1.165) is 39.0 Å². The monoisotopic (exact) mass is 256 g/mol. The van der Waals surface area contributed by atoms with Gasteiger partial charge in [0.25, 0.3) is 0 Å². The SMILES string of the molecule is CCOC(=O)C(C)(NCCN(CC)CC)C1CC1. The van der Waals surface area contributed by atoms with Crippen LogP contribution in [-0.2, 0) is 9.53 Å². The van der Waals surface area contributed by atoms with Crippen molar-refractivity contribution in [1.82, 2.24) is 10.2 Å². The predicted octanol–water partition coefficient (Wildman–Crippen LogP) is 1.65. The molecule has 1 aliphatic rings. The zero-order valence-corrected chi connectivity index (χ0v) is 12.3. The largest absolute Gasteiger partial charge is 0.465 e. The van der Waals surface area contributed by atoms with Gasteiger partial charge in [-0.05, 0) is 45.7 Å². The molecule has 0 amide bonds. The molecule has 4 heteroatoms. The van der Waals surface area contributed by atoms with Crippen molar-refractivity contribution in [3.05, 3.63) is 0 Å². The highest BCUT2D eigenvalue weighted by Gasteiger charge is 2.47. The number of nitrogens with zero attached hydrogens (tertiary/aromatic N) is 1. The molecule has 0 aromatic rings. The van der Waals surface area contributed by atoms with Gasteiger partial charge >= 0.3 is 5.97 Å². The van der Waals surface area contributed by atoms with Gasteiger partial charge in [-0.1, -0.05) is 13.8 Å². The fourth-order valence-corrected chi connectivity index (χ4v) is 2.34. The van der Waals surface area contributed by atoms with E-state index in [1.165, 1.54) is 0 Å². The fourth-order valence-electron chi connectivity index (χ4n) is 2.34. The summed E-state index contributed by atoms with van der Waals surface area (Å²) < 4.78 is 5.20. The number of esters is 1. The van der Waals surface area contributed by atoms with Gasteiger partial charge in [0.2, 0.25) is 0 Å². The first-order chi connectivity index (χ1) is 8.58. The smallest absolute Gasteiger partial charge is 0.326 e. The fraction of sp³-hybridized carbons (Fsp3) is 0.929. The maximum absolute atomic E-state index is 12.1. The Hall–Kier alpha value is -0.610. The minimum Gasteiger partial charge on any atom is -0.465 e. The highest BCUT2D eigenvalue weighted by molar-refractivity contribution is 5.81. The van der Waals surface area contributed by atoms with Gasteiger partial charge in [-0.2, -0.15) is 0 Å². The van der Waals surface area contributed by atoms with Gasteiger partial charge in [-0.15, -0.1) is 0 Å². The summed E-state index contributed by atoms with van der Waals surface area (Å²) in [5, 5.41) is 3.43. The number of nitrogens with one attached hydrogen (secondary N) is 1. The van der Waals surface area contributed by atoms with Gasteiger partial charge in [0.05, 0.1) is 6.61 Å². The summed E-state index contributed by atoms with van der Waals surface area (Å²) in [4.78, 5) is 14.4. The molecule has 1 fully saturated rings. The lowest BCUT2D eigenvalue weighted by molar-refractivity contribution is -0.151. The number of carbonyl (C=O) groups excluding carboxylic acids is 1. The number of rotatable bonds is 9. The van der Waals surface area contributed by atoms with E-state index in [-0.39, 0.29) is 5.97 Å². The molecular weight excluding hydrogens is 228 g/mol. The minimum atomic E-state index is -0.483. The van der Waals surface area contributed by atoms with Crippen LogP contribution in [0.3, 0.4) is 0 Å². The van der Waals surface area contributed by atoms with Crippen molar-refractivity contribution in [2.45, 2.75) is 46.1 Å². The molecule has 18 heavy (non-hydrogen) atoms. The topological polar surface area (TPSA) is 41.6 Å². The highest BCUT2D eigenvalue weighted by Crippen LogP contribution is 2.40. The lowest BCUT2D eigenvalue weighted by atomic mass is 9.96. The van der Waals surface area contributed by atoms with Crippen LogP contribution in [-0.4, -0.2) is 49.2 Å². The summed E-state index contributed by atoms with van der Waals surface area (Å²) in [5.74, 6) is 0.361. The average Bonchev–Trinajstić information content (AvgIpc) is 3.19. The summed E-state index contributed by atoms with van der Waals surface area (Å²) in [7, 11) is 0. The van der Waals surface area contributed by atoms with Gasteiger partial charge in [0.1, 0.15) is 5.54 Å². The van der Waals surface area contributed by atoms with E-state index in [1.54, 1.807) is 0 Å². The van der Waals surface area contributed by atoms with Gasteiger partial charge in [0, 0.05) is 13.1 Å². The van der Waals surface area contributed by atoms with Crippen molar-refractivity contribution in [2.24, 2.45) is 5.92 Å². The third kappa shape index (κ3) is 3.95. The van der Waals surface area contributed by atoms with E-state index in [0.29, 0.717) is 12.5 Å². The third-order valence-corrected chi connectivity index (χ3v) is 3.91. The summed E-state index contributed by atoms with van der Waals surface area (Å²) in [5.41, 5.74) is -0.483. The van der Waals surface area contributed by atoms with E-state index < -0.39 is 5.54 Å². The predicted molar refractivity (Wildman–Crippen MR) is 73.6 cm³/mol. The summed E-state index contributed by atoms with van der Waals surface area (Å²) in [6.45, 7) is 12.6. The van der Waals surface area contributed by atoms with Crippen molar-refractivity contribution in [3.63, 3.8) is 0 Å². The standard InChI is InChI=1S/C14H28N2O2/c1-5-16(6-2)11-10-15-14(4,12-8-9-12)13(17)18-7-3/h12,15H,5-11H2,1-4H3. The van der Waals surface area contributed by atoms with Crippen LogP contribution >= 0.6 is 0 Å². The van der Waals surface area contributed by atoms with Crippen molar-refractivity contribution < 1.29 is 9.53 Å². The first-order valence-electron chi connectivity index (χ1n) is 7.23. The Morgan fingerprint density at radius 3 is 2.39 bits per heavy atom. The number of ether oxygens (including phenoxy) is 1. The third-order valence-electron chi connectivity index (χ3n) is 3.91. The molecule has 1 unspecified atom stereocenters. The van der Waals surface area contributed by atoms with Crippen molar-refractivity contribution >= 4 is 5.97 Å². The van der Waals surface area contributed by atoms with Crippen molar-refractivity contribution in [1.29, 1.82) is 0 Å². The summed E-state index contributed by atoms with van der Waals surface area (Å²) >= 11 is 0. The van der Waals surface area contributed by atoms with Crippen molar-refractivity contribution in [2.75, 3.05) is 32.8 Å². The molecule has 0 radical (unpaired) electrons. The molecule has 0 heterocycles. The second kappa shape index (κ2) is 7.10. The molecule has 0 bridgehead atoms. The Bertz CT molecular complexity index is 263. The zero-order valence-electron chi connectivity index (χ0n) is 12.3. The van der Waals surface area contributed by atoms with Gasteiger partial charge in [-0.3, -0.25) is 4.79 Å². The molecule has 1 rings (SSSR count). The number of hydrogen-bond acceptors (Lipinski definition) is 4. The maximum atomic E-state index is 12.1. The van der Waals surface area contributed by atoms with Crippen LogP contribution < -0.4 is 5.32 Å². The average molecular weight is 256 g/mol. The van der Waals surface area contributed by atoms with E-state index in [4.69, 9.17) is 4.74 Å². The quantitative estimate of drug-likeness (QED) is 0.637. The second-order valence-electron chi connectivity index (χ2n) is 5.15. The van der Waals surface area contributed by atoms with E-state index in [9.17, 15) is 4.79 Å². The lowest BCUT2D eigenvalue weighted by Gasteiger charge is -2.30. The Kier molecular flexibility index (Phi) is 6.09. The van der Waals surface area contributed by atoms with Crippen LogP contribution in [0, 0.1) is 5.92 Å². The molecule has 0 spiro atoms. The molecule has 4 nitrogen and oxygen atoms in total. The Labute approximate surface area is 111 Å². The summed E-state index contributed by atoms with van der Waals surface area (Å²) in [6, 6.07) is 0. The van der Waals surface area contributed by atoms with Crippen LogP contribution in [0.5, 0.6) is 0 Å². The van der Waals surface area contributed by atoms with E-state index in [2.05, 4.69) is 24.1 Å². The Morgan fingerprint density at radius 1 is 1.33 bits per heavy atom. The Balaban J connectivity index is 2.45. The van der Waals surface area contributed by atoms with Crippen LogP contribution in [0.15, 0.2) is 0 Å². The van der Waals surface area contributed by atoms with Crippen LogP contribution in [0.1, 0.15) is 40.5 Å². The van der Waals surface area contributed by atoms with E-state index >= 15 is 0 Å². The molecule has 0 aromatic carbocycles. The molecule has 1 atom stereocenters. The minimum absolute atomic E-state index is 0.0907. The molecule has 106 valence electrons. The molecular formula is C14H28N2O2. The number of hydrogen-bond donors (Lipinski definition) is 1. The molecule has 1 aliphatic carbocycles. The van der Waals surface area contributed by atoms with Crippen molar-refractivity contribution in [3.8, 4) is 0 Å². The van der Waals surface area contributed by atoms with Gasteiger partial charge < -0.3 is 15.0 Å². The normalized spacial score (nSPS) is 18.7. The number of likely N-dealkylation sites (N-methyl/N-ethyl adjacent to an activating group) is 1. The molecule has 1 saturated carbocycles. The van der Waals surface area contributed by atoms with Crippen LogP contribution in [0.4, 0.5) is 0 Å². The molecule has 1 N–H and O–H groups in total. The first kappa shape index (κ1) is 15.4. The molecule has 0 saturated heterocycles. The highest BCUT2D eigenvalue weighted by atomic mass is 16.5. The Morgan fingerprint density at radius 2 is 1.94 bits per heavy atom. The second-order valence-corrected chi connectivity index (χ2v) is 5.15. The van der Waals surface area contributed by atoms with Gasteiger partial charge in [-0.25, -0.2) is 0 Å². The van der Waals surface area contributed by atoms with Crippen LogP contribution in [0.2, 0.25) is 0 Å². The van der Waals surface area contributed by atoms with Gasteiger partial charge in [0.15, 0.2) is 0 Å². The number of carbonyl (C=O) groups is 1. The molecule has 0 aliphatic heterocycles. The maximum Gasteiger partial charge on any atom is 0.326 e.